The average molecular weight is 388 g/mol. The van der Waals surface area contributed by atoms with Gasteiger partial charge in [0.25, 0.3) is 0 Å². The van der Waals surface area contributed by atoms with Gasteiger partial charge in [-0.1, -0.05) is 0 Å². The minimum Gasteiger partial charge on any atom is -0.462 e. The van der Waals surface area contributed by atoms with Crippen LogP contribution in [0, 0.1) is 27.7 Å². The first kappa shape index (κ1) is 21.1. The number of carbonyl (C=O) groups excluding carboxylic acids is 4. The lowest BCUT2D eigenvalue weighted by atomic mass is 10.1. The number of ether oxygens (including phenoxy) is 2. The van der Waals surface area contributed by atoms with Crippen molar-refractivity contribution in [1.82, 2.24) is 9.97 Å². The predicted octanol–water partition coefficient (Wildman–Crippen LogP) is 3.00. The standard InChI is InChI=1S/C20H24N2O6/c1-7-27-19(25)16-10(3)18(22-12(16)5)20(26)28-8-14(24)17-9(2)15(13(6)23)11(4)21-17/h21-22H,7-8H2,1-6H3. The van der Waals surface area contributed by atoms with E-state index in [-0.39, 0.29) is 29.3 Å². The van der Waals surface area contributed by atoms with Crippen LogP contribution in [0.5, 0.6) is 0 Å². The fraction of sp³-hybridized carbons (Fsp3) is 0.400. The molecule has 0 radical (unpaired) electrons. The molecule has 2 aromatic rings. The molecule has 0 aliphatic carbocycles. The second-order valence-corrected chi connectivity index (χ2v) is 6.53. The molecule has 8 heteroatoms. The molecule has 0 atom stereocenters. The Morgan fingerprint density at radius 2 is 1.32 bits per heavy atom. The molecule has 2 heterocycles. The van der Waals surface area contributed by atoms with Gasteiger partial charge in [-0.05, 0) is 52.7 Å². The van der Waals surface area contributed by atoms with Gasteiger partial charge in [-0.3, -0.25) is 9.59 Å². The van der Waals surface area contributed by atoms with Gasteiger partial charge in [-0.2, -0.15) is 0 Å². The first-order valence-corrected chi connectivity index (χ1v) is 8.86. The zero-order valence-corrected chi connectivity index (χ0v) is 16.9. The van der Waals surface area contributed by atoms with Gasteiger partial charge < -0.3 is 19.4 Å². The van der Waals surface area contributed by atoms with Crippen LogP contribution in [0.25, 0.3) is 0 Å². The first-order chi connectivity index (χ1) is 13.1. The van der Waals surface area contributed by atoms with E-state index in [4.69, 9.17) is 9.47 Å². The normalized spacial score (nSPS) is 10.6. The summed E-state index contributed by atoms with van der Waals surface area (Å²) in [7, 11) is 0. The van der Waals surface area contributed by atoms with Gasteiger partial charge in [-0.15, -0.1) is 0 Å². The fourth-order valence-electron chi connectivity index (χ4n) is 3.30. The van der Waals surface area contributed by atoms with Gasteiger partial charge in [0.2, 0.25) is 5.78 Å². The highest BCUT2D eigenvalue weighted by Crippen LogP contribution is 2.21. The molecule has 0 aliphatic heterocycles. The number of rotatable bonds is 7. The van der Waals surface area contributed by atoms with Crippen LogP contribution in [-0.4, -0.2) is 46.7 Å². The highest BCUT2D eigenvalue weighted by atomic mass is 16.5. The van der Waals surface area contributed by atoms with E-state index in [1.165, 1.54) is 6.92 Å². The molecule has 0 fully saturated rings. The van der Waals surface area contributed by atoms with Crippen LogP contribution in [0.1, 0.15) is 78.1 Å². The van der Waals surface area contributed by atoms with E-state index in [1.54, 1.807) is 34.6 Å². The van der Waals surface area contributed by atoms with Crippen LogP contribution in [-0.2, 0) is 9.47 Å². The van der Waals surface area contributed by atoms with Gasteiger partial charge in [0.1, 0.15) is 5.69 Å². The quantitative estimate of drug-likeness (QED) is 0.556. The van der Waals surface area contributed by atoms with E-state index < -0.39 is 24.3 Å². The molecule has 0 saturated heterocycles. The van der Waals surface area contributed by atoms with E-state index in [9.17, 15) is 19.2 Å². The van der Waals surface area contributed by atoms with Crippen molar-refractivity contribution in [1.29, 1.82) is 0 Å². The van der Waals surface area contributed by atoms with Crippen LogP contribution in [0.15, 0.2) is 0 Å². The van der Waals surface area contributed by atoms with Crippen molar-refractivity contribution in [2.24, 2.45) is 0 Å². The summed E-state index contributed by atoms with van der Waals surface area (Å²) in [5.41, 5.74) is 3.08. The topological polar surface area (TPSA) is 118 Å². The summed E-state index contributed by atoms with van der Waals surface area (Å²) < 4.78 is 10.1. The van der Waals surface area contributed by atoms with Crippen LogP contribution < -0.4 is 0 Å². The maximum absolute atomic E-state index is 12.4. The van der Waals surface area contributed by atoms with Gasteiger partial charge in [-0.25, -0.2) is 9.59 Å². The number of hydrogen-bond donors (Lipinski definition) is 2. The Balaban J connectivity index is 2.16. The van der Waals surface area contributed by atoms with E-state index in [1.807, 2.05) is 0 Å². The Morgan fingerprint density at radius 3 is 1.86 bits per heavy atom. The van der Waals surface area contributed by atoms with E-state index in [0.717, 1.165) is 0 Å². The van der Waals surface area contributed by atoms with Gasteiger partial charge >= 0.3 is 11.9 Å². The molecule has 2 aromatic heterocycles. The van der Waals surface area contributed by atoms with Crippen LogP contribution >= 0.6 is 0 Å². The molecular formula is C20H24N2O6. The Hall–Kier alpha value is -3.16. The second-order valence-electron chi connectivity index (χ2n) is 6.53. The SMILES string of the molecule is CCOC(=O)c1c(C)[nH]c(C(=O)OCC(=O)c2[nH]c(C)c(C(C)=O)c2C)c1C. The maximum atomic E-state index is 12.4. The minimum atomic E-state index is -0.753. The summed E-state index contributed by atoms with van der Waals surface area (Å²) in [6.07, 6.45) is 0. The molecular weight excluding hydrogens is 364 g/mol. The number of aromatic amines is 2. The van der Waals surface area contributed by atoms with Gasteiger partial charge in [0.15, 0.2) is 12.4 Å². The van der Waals surface area contributed by atoms with Gasteiger partial charge in [0.05, 0.1) is 17.9 Å². The van der Waals surface area contributed by atoms with Crippen molar-refractivity contribution >= 4 is 23.5 Å². The Bertz CT molecular complexity index is 964. The van der Waals surface area contributed by atoms with Gasteiger partial charge in [0, 0.05) is 17.0 Å². The summed E-state index contributed by atoms with van der Waals surface area (Å²) in [4.78, 5) is 54.2. The monoisotopic (exact) mass is 388 g/mol. The Labute approximate surface area is 162 Å². The van der Waals surface area contributed by atoms with E-state index in [0.29, 0.717) is 28.1 Å². The van der Waals surface area contributed by atoms with Crippen molar-refractivity contribution in [2.45, 2.75) is 41.5 Å². The van der Waals surface area contributed by atoms with Crippen molar-refractivity contribution in [3.63, 3.8) is 0 Å². The van der Waals surface area contributed by atoms with Crippen LogP contribution in [0.4, 0.5) is 0 Å². The van der Waals surface area contributed by atoms with Crippen LogP contribution in [0.2, 0.25) is 0 Å². The second kappa shape index (κ2) is 8.24. The largest absolute Gasteiger partial charge is 0.462 e. The third-order valence-corrected chi connectivity index (χ3v) is 4.52. The minimum absolute atomic E-state index is 0.0946. The first-order valence-electron chi connectivity index (χ1n) is 8.86. The zero-order chi connectivity index (χ0) is 21.2. The molecule has 0 spiro atoms. The number of Topliss-reactive ketones (excluding diaryl/α,β-unsaturated/α-hetero) is 2. The number of esters is 2. The number of aryl methyl sites for hydroxylation is 2. The molecule has 150 valence electrons. The number of nitrogens with one attached hydrogen (secondary N) is 2. The molecule has 0 amide bonds. The Kier molecular flexibility index (Phi) is 6.23. The lowest BCUT2D eigenvalue weighted by molar-refractivity contribution is 0.0467. The maximum Gasteiger partial charge on any atom is 0.355 e. The van der Waals surface area contributed by atoms with Crippen molar-refractivity contribution < 1.29 is 28.7 Å². The number of carbonyl (C=O) groups is 4. The molecule has 0 unspecified atom stereocenters. The third kappa shape index (κ3) is 3.90. The molecule has 0 saturated carbocycles. The molecule has 0 bridgehead atoms. The van der Waals surface area contributed by atoms with Crippen molar-refractivity contribution in [3.8, 4) is 0 Å². The summed E-state index contributed by atoms with van der Waals surface area (Å²) in [5, 5.41) is 0. The summed E-state index contributed by atoms with van der Waals surface area (Å²) >= 11 is 0. The molecule has 0 aromatic carbocycles. The van der Waals surface area contributed by atoms with E-state index >= 15 is 0 Å². The molecule has 28 heavy (non-hydrogen) atoms. The summed E-state index contributed by atoms with van der Waals surface area (Å²) in [5.74, 6) is -1.88. The Morgan fingerprint density at radius 1 is 0.786 bits per heavy atom. The van der Waals surface area contributed by atoms with E-state index in [2.05, 4.69) is 9.97 Å². The molecule has 2 rings (SSSR count). The van der Waals surface area contributed by atoms with Crippen molar-refractivity contribution in [2.75, 3.05) is 13.2 Å². The summed E-state index contributed by atoms with van der Waals surface area (Å²) in [6.45, 7) is 9.46. The lowest BCUT2D eigenvalue weighted by Gasteiger charge is -2.05. The lowest BCUT2D eigenvalue weighted by Crippen LogP contribution is -2.16. The molecule has 0 aliphatic rings. The molecule has 8 nitrogen and oxygen atoms in total. The zero-order valence-electron chi connectivity index (χ0n) is 16.9. The smallest absolute Gasteiger partial charge is 0.355 e. The third-order valence-electron chi connectivity index (χ3n) is 4.52. The number of ketones is 2. The number of H-pyrrole nitrogens is 2. The number of aromatic nitrogens is 2. The van der Waals surface area contributed by atoms with Crippen LogP contribution in [0.3, 0.4) is 0 Å². The highest BCUT2D eigenvalue weighted by Gasteiger charge is 2.25. The fourth-order valence-corrected chi connectivity index (χ4v) is 3.30. The average Bonchev–Trinajstić information content (AvgIpc) is 3.08. The molecule has 2 N–H and O–H groups in total. The van der Waals surface area contributed by atoms with Crippen molar-refractivity contribution in [3.05, 3.63) is 45.0 Å². The summed E-state index contributed by atoms with van der Waals surface area (Å²) in [6, 6.07) is 0. The number of hydrogen-bond acceptors (Lipinski definition) is 6. The predicted molar refractivity (Wildman–Crippen MR) is 101 cm³/mol. The highest BCUT2D eigenvalue weighted by molar-refractivity contribution is 6.05.